The van der Waals surface area contributed by atoms with Crippen LogP contribution in [0.4, 0.5) is 0 Å². The Labute approximate surface area is 95.9 Å². The molecule has 1 heterocycles. The summed E-state index contributed by atoms with van der Waals surface area (Å²) in [5.41, 5.74) is 1.47. The minimum absolute atomic E-state index is 0.0360. The van der Waals surface area contributed by atoms with Gasteiger partial charge < -0.3 is 10.0 Å². The van der Waals surface area contributed by atoms with Crippen LogP contribution in [0.15, 0.2) is 18.3 Å². The summed E-state index contributed by atoms with van der Waals surface area (Å²) in [6.45, 7) is 4.12. The van der Waals surface area contributed by atoms with Crippen molar-refractivity contribution in [3.63, 3.8) is 0 Å². The second-order valence-electron chi connectivity index (χ2n) is 4.05. The van der Waals surface area contributed by atoms with Crippen molar-refractivity contribution in [3.05, 3.63) is 29.6 Å². The summed E-state index contributed by atoms with van der Waals surface area (Å²) in [5, 5.41) is 9.15. The van der Waals surface area contributed by atoms with Crippen molar-refractivity contribution in [2.45, 2.75) is 26.4 Å². The molecule has 0 aromatic carbocycles. The van der Waals surface area contributed by atoms with Crippen molar-refractivity contribution in [1.29, 1.82) is 0 Å². The first-order chi connectivity index (χ1) is 7.50. The summed E-state index contributed by atoms with van der Waals surface area (Å²) in [5.74, 6) is -0.0360. The smallest absolute Gasteiger partial charge is 0.253 e. The Morgan fingerprint density at radius 1 is 1.62 bits per heavy atom. The van der Waals surface area contributed by atoms with Crippen LogP contribution in [0.25, 0.3) is 0 Å². The van der Waals surface area contributed by atoms with E-state index in [1.807, 2.05) is 6.92 Å². The van der Waals surface area contributed by atoms with Gasteiger partial charge in [0.05, 0.1) is 6.10 Å². The molecule has 0 radical (unpaired) electrons. The fourth-order valence-electron chi connectivity index (χ4n) is 1.38. The van der Waals surface area contributed by atoms with E-state index in [1.54, 1.807) is 37.2 Å². The zero-order valence-electron chi connectivity index (χ0n) is 9.97. The Morgan fingerprint density at radius 2 is 2.31 bits per heavy atom. The molecule has 1 unspecified atom stereocenters. The number of carbonyl (C=O) groups is 1. The van der Waals surface area contributed by atoms with Gasteiger partial charge in [0.1, 0.15) is 0 Å². The number of aliphatic hydroxyl groups excluding tert-OH is 1. The molecule has 0 aliphatic heterocycles. The Kier molecular flexibility index (Phi) is 4.43. The maximum absolute atomic E-state index is 11.9. The van der Waals surface area contributed by atoms with Gasteiger partial charge in [0, 0.05) is 31.0 Å². The van der Waals surface area contributed by atoms with Crippen molar-refractivity contribution in [1.82, 2.24) is 9.88 Å². The predicted molar refractivity (Wildman–Crippen MR) is 62.2 cm³/mol. The standard InChI is InChI=1S/C12H18N2O2/c1-9-8-11(4-6-13-9)12(16)14(3)7-5-10(2)15/h4,6,8,10,15H,5,7H2,1-3H3. The molecular formula is C12H18N2O2. The molecule has 0 aliphatic carbocycles. The van der Waals surface area contributed by atoms with Gasteiger partial charge in [-0.15, -0.1) is 0 Å². The largest absolute Gasteiger partial charge is 0.393 e. The topological polar surface area (TPSA) is 53.4 Å². The minimum Gasteiger partial charge on any atom is -0.393 e. The van der Waals surface area contributed by atoms with E-state index in [9.17, 15) is 4.79 Å². The van der Waals surface area contributed by atoms with E-state index in [-0.39, 0.29) is 12.0 Å². The van der Waals surface area contributed by atoms with Gasteiger partial charge in [0.25, 0.3) is 5.91 Å². The van der Waals surface area contributed by atoms with E-state index in [0.29, 0.717) is 18.5 Å². The summed E-state index contributed by atoms with van der Waals surface area (Å²) in [4.78, 5) is 17.6. The molecule has 1 N–H and O–H groups in total. The number of rotatable bonds is 4. The van der Waals surface area contributed by atoms with Gasteiger partial charge in [-0.25, -0.2) is 0 Å². The molecule has 1 rings (SSSR count). The van der Waals surface area contributed by atoms with Crippen LogP contribution in [-0.4, -0.2) is 40.6 Å². The lowest BCUT2D eigenvalue weighted by atomic mass is 10.2. The zero-order valence-corrected chi connectivity index (χ0v) is 9.97. The number of hydrogen-bond donors (Lipinski definition) is 1. The Bertz CT molecular complexity index is 364. The van der Waals surface area contributed by atoms with E-state index < -0.39 is 0 Å². The fraction of sp³-hybridized carbons (Fsp3) is 0.500. The molecule has 0 fully saturated rings. The Hall–Kier alpha value is -1.42. The maximum atomic E-state index is 11.9. The highest BCUT2D eigenvalue weighted by Gasteiger charge is 2.12. The van der Waals surface area contributed by atoms with Crippen molar-refractivity contribution in [3.8, 4) is 0 Å². The minimum atomic E-state index is -0.380. The number of pyridine rings is 1. The number of aliphatic hydroxyl groups is 1. The summed E-state index contributed by atoms with van der Waals surface area (Å²) < 4.78 is 0. The van der Waals surface area contributed by atoms with Crippen LogP contribution >= 0.6 is 0 Å². The lowest BCUT2D eigenvalue weighted by Crippen LogP contribution is -2.29. The van der Waals surface area contributed by atoms with E-state index in [0.717, 1.165) is 5.69 Å². The van der Waals surface area contributed by atoms with Crippen LogP contribution in [0, 0.1) is 6.92 Å². The third kappa shape index (κ3) is 3.62. The van der Waals surface area contributed by atoms with Gasteiger partial charge in [-0.05, 0) is 32.4 Å². The maximum Gasteiger partial charge on any atom is 0.253 e. The third-order valence-corrected chi connectivity index (χ3v) is 2.37. The summed E-state index contributed by atoms with van der Waals surface area (Å²) in [6.07, 6.45) is 1.84. The molecule has 4 heteroatoms. The molecule has 0 saturated heterocycles. The lowest BCUT2D eigenvalue weighted by molar-refractivity contribution is 0.0768. The van der Waals surface area contributed by atoms with Crippen molar-refractivity contribution >= 4 is 5.91 Å². The number of hydrogen-bond acceptors (Lipinski definition) is 3. The normalized spacial score (nSPS) is 12.2. The second kappa shape index (κ2) is 5.61. The zero-order chi connectivity index (χ0) is 12.1. The summed E-state index contributed by atoms with van der Waals surface area (Å²) in [7, 11) is 1.74. The van der Waals surface area contributed by atoms with E-state index in [1.165, 1.54) is 0 Å². The number of amides is 1. The van der Waals surface area contributed by atoms with Crippen LogP contribution in [0.1, 0.15) is 29.4 Å². The third-order valence-electron chi connectivity index (χ3n) is 2.37. The molecular weight excluding hydrogens is 204 g/mol. The first-order valence-electron chi connectivity index (χ1n) is 5.37. The molecule has 16 heavy (non-hydrogen) atoms. The molecule has 88 valence electrons. The highest BCUT2D eigenvalue weighted by Crippen LogP contribution is 2.05. The van der Waals surface area contributed by atoms with Crippen LogP contribution in [0.3, 0.4) is 0 Å². The number of aryl methyl sites for hydroxylation is 1. The fourth-order valence-corrected chi connectivity index (χ4v) is 1.38. The Balaban J connectivity index is 2.63. The number of aromatic nitrogens is 1. The van der Waals surface area contributed by atoms with Crippen LogP contribution < -0.4 is 0 Å². The van der Waals surface area contributed by atoms with Gasteiger partial charge in [0.2, 0.25) is 0 Å². The molecule has 4 nitrogen and oxygen atoms in total. The van der Waals surface area contributed by atoms with Gasteiger partial charge >= 0.3 is 0 Å². The summed E-state index contributed by atoms with van der Waals surface area (Å²) >= 11 is 0. The predicted octanol–water partition coefficient (Wildman–Crippen LogP) is 1.23. The SMILES string of the molecule is Cc1cc(C(=O)N(C)CCC(C)O)ccn1. The van der Waals surface area contributed by atoms with Gasteiger partial charge in [0.15, 0.2) is 0 Å². The molecule has 0 aliphatic rings. The number of carbonyl (C=O) groups excluding carboxylic acids is 1. The molecule has 1 atom stereocenters. The highest BCUT2D eigenvalue weighted by atomic mass is 16.3. The molecule has 1 amide bonds. The highest BCUT2D eigenvalue weighted by molar-refractivity contribution is 5.94. The lowest BCUT2D eigenvalue weighted by Gasteiger charge is -2.18. The molecule has 0 bridgehead atoms. The van der Waals surface area contributed by atoms with Crippen molar-refractivity contribution in [2.75, 3.05) is 13.6 Å². The van der Waals surface area contributed by atoms with Crippen LogP contribution in [0.5, 0.6) is 0 Å². The van der Waals surface area contributed by atoms with Gasteiger partial charge in [-0.3, -0.25) is 9.78 Å². The number of nitrogens with zero attached hydrogens (tertiary/aromatic N) is 2. The molecule has 0 spiro atoms. The quantitative estimate of drug-likeness (QED) is 0.833. The van der Waals surface area contributed by atoms with E-state index in [4.69, 9.17) is 5.11 Å². The van der Waals surface area contributed by atoms with Crippen molar-refractivity contribution < 1.29 is 9.90 Å². The van der Waals surface area contributed by atoms with Crippen LogP contribution in [0.2, 0.25) is 0 Å². The first-order valence-corrected chi connectivity index (χ1v) is 5.37. The first kappa shape index (κ1) is 12.6. The average Bonchev–Trinajstić information content (AvgIpc) is 2.24. The van der Waals surface area contributed by atoms with Gasteiger partial charge in [-0.1, -0.05) is 0 Å². The summed E-state index contributed by atoms with van der Waals surface area (Å²) in [6, 6.07) is 3.47. The van der Waals surface area contributed by atoms with Crippen LogP contribution in [-0.2, 0) is 0 Å². The van der Waals surface area contributed by atoms with Gasteiger partial charge in [-0.2, -0.15) is 0 Å². The molecule has 1 aromatic rings. The van der Waals surface area contributed by atoms with E-state index in [2.05, 4.69) is 4.98 Å². The average molecular weight is 222 g/mol. The molecule has 1 aromatic heterocycles. The Morgan fingerprint density at radius 3 is 2.88 bits per heavy atom. The van der Waals surface area contributed by atoms with E-state index >= 15 is 0 Å². The van der Waals surface area contributed by atoms with Crippen molar-refractivity contribution in [2.24, 2.45) is 0 Å². The molecule has 0 saturated carbocycles. The monoisotopic (exact) mass is 222 g/mol. The second-order valence-corrected chi connectivity index (χ2v) is 4.05.